The number of nitrogens with two attached hydrogens (primary N) is 1. The lowest BCUT2D eigenvalue weighted by atomic mass is 10.2. The number of anilines is 1. The first-order chi connectivity index (χ1) is 8.24. The maximum atomic E-state index is 12.8. The molecule has 0 bridgehead atoms. The van der Waals surface area contributed by atoms with Crippen LogP contribution in [0.2, 0.25) is 0 Å². The average Bonchev–Trinajstić information content (AvgIpc) is 2.73. The minimum absolute atomic E-state index is 0. The topological polar surface area (TPSA) is 56.2 Å². The Bertz CT molecular complexity index is 678. The summed E-state index contributed by atoms with van der Waals surface area (Å²) in [6, 6.07) is 9.66. The molecule has 4 nitrogen and oxygen atoms in total. The molecule has 0 saturated heterocycles. The van der Waals surface area contributed by atoms with Crippen LogP contribution in [0.15, 0.2) is 42.6 Å². The number of rotatable bonds is 1. The van der Waals surface area contributed by atoms with Gasteiger partial charge in [0, 0.05) is 17.4 Å². The molecular formula is C12H10ClFN4. The largest absolute Gasteiger partial charge is 0.398 e. The molecule has 0 amide bonds. The van der Waals surface area contributed by atoms with E-state index in [0.717, 1.165) is 5.56 Å². The zero-order chi connectivity index (χ0) is 11.8. The van der Waals surface area contributed by atoms with Gasteiger partial charge in [0.15, 0.2) is 11.5 Å². The third kappa shape index (κ3) is 2.00. The monoisotopic (exact) mass is 264 g/mol. The van der Waals surface area contributed by atoms with Crippen molar-refractivity contribution in [2.75, 3.05) is 5.73 Å². The zero-order valence-electron chi connectivity index (χ0n) is 9.25. The number of nitrogen functional groups attached to an aromatic ring is 1. The van der Waals surface area contributed by atoms with Gasteiger partial charge < -0.3 is 5.73 Å². The van der Waals surface area contributed by atoms with Crippen LogP contribution in [0, 0.1) is 5.82 Å². The maximum Gasteiger partial charge on any atom is 0.168 e. The van der Waals surface area contributed by atoms with Crippen LogP contribution < -0.4 is 5.73 Å². The van der Waals surface area contributed by atoms with Crippen molar-refractivity contribution in [3.63, 3.8) is 0 Å². The summed E-state index contributed by atoms with van der Waals surface area (Å²) in [5.74, 6) is 0.370. The Kier molecular flexibility index (Phi) is 3.16. The van der Waals surface area contributed by atoms with Gasteiger partial charge in [-0.2, -0.15) is 0 Å². The van der Waals surface area contributed by atoms with E-state index in [-0.39, 0.29) is 18.2 Å². The fourth-order valence-corrected chi connectivity index (χ4v) is 1.70. The van der Waals surface area contributed by atoms with Crippen molar-refractivity contribution in [1.29, 1.82) is 0 Å². The smallest absolute Gasteiger partial charge is 0.168 e. The molecule has 1 aromatic carbocycles. The number of aromatic nitrogens is 3. The second-order valence-electron chi connectivity index (χ2n) is 3.72. The third-order valence-corrected chi connectivity index (χ3v) is 2.53. The van der Waals surface area contributed by atoms with E-state index in [2.05, 4.69) is 10.2 Å². The first-order valence-electron chi connectivity index (χ1n) is 5.10. The first-order valence-corrected chi connectivity index (χ1v) is 5.10. The maximum absolute atomic E-state index is 12.8. The quantitative estimate of drug-likeness (QED) is 0.735. The Labute approximate surface area is 109 Å². The lowest BCUT2D eigenvalue weighted by molar-refractivity contribution is 0.628. The summed E-state index contributed by atoms with van der Waals surface area (Å²) in [6.45, 7) is 0. The van der Waals surface area contributed by atoms with Crippen LogP contribution >= 0.6 is 12.4 Å². The second kappa shape index (κ2) is 4.62. The van der Waals surface area contributed by atoms with Crippen LogP contribution in [0.5, 0.6) is 0 Å². The summed E-state index contributed by atoms with van der Waals surface area (Å²) in [4.78, 5) is 0. The van der Waals surface area contributed by atoms with Gasteiger partial charge >= 0.3 is 0 Å². The van der Waals surface area contributed by atoms with E-state index in [0.29, 0.717) is 17.2 Å². The van der Waals surface area contributed by atoms with E-state index in [4.69, 9.17) is 5.73 Å². The molecule has 0 aliphatic rings. The molecule has 0 radical (unpaired) electrons. The summed E-state index contributed by atoms with van der Waals surface area (Å²) in [5, 5.41) is 8.09. The van der Waals surface area contributed by atoms with Gasteiger partial charge in [0.05, 0.1) is 0 Å². The highest BCUT2D eigenvalue weighted by Crippen LogP contribution is 2.19. The van der Waals surface area contributed by atoms with Gasteiger partial charge in [-0.3, -0.25) is 4.40 Å². The highest BCUT2D eigenvalue weighted by atomic mass is 35.5. The molecule has 0 aliphatic carbocycles. The molecule has 0 aliphatic heterocycles. The van der Waals surface area contributed by atoms with Gasteiger partial charge in [-0.25, -0.2) is 4.39 Å². The van der Waals surface area contributed by atoms with E-state index < -0.39 is 0 Å². The Hall–Kier alpha value is -2.14. The van der Waals surface area contributed by atoms with Crippen molar-refractivity contribution < 1.29 is 4.39 Å². The normalized spacial score (nSPS) is 10.3. The fraction of sp³-hybridized carbons (Fsp3) is 0. The number of benzene rings is 1. The predicted molar refractivity (Wildman–Crippen MR) is 70.0 cm³/mol. The Morgan fingerprint density at radius 3 is 2.44 bits per heavy atom. The standard InChI is InChI=1S/C12H9FN4.ClH/c13-9-3-1-8(2-4-9)12-16-15-11-6-5-10(14)7-17(11)12;/h1-7H,14H2;1H. The van der Waals surface area contributed by atoms with Crippen LogP contribution in [-0.2, 0) is 0 Å². The van der Waals surface area contributed by atoms with E-state index in [1.807, 2.05) is 0 Å². The highest BCUT2D eigenvalue weighted by molar-refractivity contribution is 5.85. The van der Waals surface area contributed by atoms with E-state index in [1.54, 1.807) is 34.9 Å². The molecule has 0 atom stereocenters. The minimum atomic E-state index is -0.276. The van der Waals surface area contributed by atoms with Gasteiger partial charge in [0.2, 0.25) is 0 Å². The summed E-state index contributed by atoms with van der Waals surface area (Å²) in [7, 11) is 0. The minimum Gasteiger partial charge on any atom is -0.398 e. The van der Waals surface area contributed by atoms with Gasteiger partial charge in [-0.1, -0.05) is 0 Å². The van der Waals surface area contributed by atoms with Crippen molar-refractivity contribution in [3.05, 3.63) is 48.4 Å². The predicted octanol–water partition coefficient (Wildman–Crippen LogP) is 2.54. The van der Waals surface area contributed by atoms with Crippen molar-refractivity contribution in [2.24, 2.45) is 0 Å². The molecule has 3 rings (SSSR count). The second-order valence-corrected chi connectivity index (χ2v) is 3.72. The highest BCUT2D eigenvalue weighted by Gasteiger charge is 2.07. The van der Waals surface area contributed by atoms with Crippen LogP contribution in [0.3, 0.4) is 0 Å². The lowest BCUT2D eigenvalue weighted by Crippen LogP contribution is -1.92. The zero-order valence-corrected chi connectivity index (χ0v) is 10.1. The van der Waals surface area contributed by atoms with Crippen molar-refractivity contribution in [3.8, 4) is 11.4 Å². The SMILES string of the molecule is Cl.Nc1ccc2nnc(-c3ccc(F)cc3)n2c1. The number of halogens is 2. The molecule has 2 aromatic heterocycles. The van der Waals surface area contributed by atoms with E-state index >= 15 is 0 Å². The molecule has 0 spiro atoms. The van der Waals surface area contributed by atoms with Crippen molar-refractivity contribution >= 4 is 23.7 Å². The molecule has 3 aromatic rings. The summed E-state index contributed by atoms with van der Waals surface area (Å²) in [6.07, 6.45) is 1.74. The van der Waals surface area contributed by atoms with Gasteiger partial charge in [-0.15, -0.1) is 22.6 Å². The number of hydrogen-bond acceptors (Lipinski definition) is 3. The third-order valence-electron chi connectivity index (χ3n) is 2.53. The Morgan fingerprint density at radius 1 is 1.00 bits per heavy atom. The van der Waals surface area contributed by atoms with E-state index in [1.165, 1.54) is 12.1 Å². The molecule has 92 valence electrons. The van der Waals surface area contributed by atoms with E-state index in [9.17, 15) is 4.39 Å². The van der Waals surface area contributed by atoms with Gasteiger partial charge in [-0.05, 0) is 36.4 Å². The van der Waals surface area contributed by atoms with Crippen LogP contribution in [0.4, 0.5) is 10.1 Å². The molecule has 2 N–H and O–H groups in total. The molecule has 0 saturated carbocycles. The van der Waals surface area contributed by atoms with Gasteiger partial charge in [0.1, 0.15) is 5.82 Å². The first kappa shape index (κ1) is 12.3. The Balaban J connectivity index is 0.00000120. The number of nitrogens with zero attached hydrogens (tertiary/aromatic N) is 3. The number of hydrogen-bond donors (Lipinski definition) is 1. The molecule has 0 fully saturated rings. The van der Waals surface area contributed by atoms with Crippen LogP contribution in [-0.4, -0.2) is 14.6 Å². The fourth-order valence-electron chi connectivity index (χ4n) is 1.70. The van der Waals surface area contributed by atoms with Crippen LogP contribution in [0.1, 0.15) is 0 Å². The molecule has 2 heterocycles. The average molecular weight is 265 g/mol. The number of fused-ring (bicyclic) bond motifs is 1. The van der Waals surface area contributed by atoms with Crippen molar-refractivity contribution in [1.82, 2.24) is 14.6 Å². The summed E-state index contributed by atoms with van der Waals surface area (Å²) < 4.78 is 14.6. The van der Waals surface area contributed by atoms with Crippen molar-refractivity contribution in [2.45, 2.75) is 0 Å². The molecule has 0 unspecified atom stereocenters. The number of pyridine rings is 1. The van der Waals surface area contributed by atoms with Gasteiger partial charge in [0.25, 0.3) is 0 Å². The molecule has 18 heavy (non-hydrogen) atoms. The lowest BCUT2D eigenvalue weighted by Gasteiger charge is -2.00. The van der Waals surface area contributed by atoms with Crippen LogP contribution in [0.25, 0.3) is 17.0 Å². The Morgan fingerprint density at radius 2 is 1.72 bits per heavy atom. The summed E-state index contributed by atoms with van der Waals surface area (Å²) >= 11 is 0. The molecular weight excluding hydrogens is 255 g/mol. The molecule has 6 heteroatoms. The summed E-state index contributed by atoms with van der Waals surface area (Å²) in [5.41, 5.74) is 7.85.